The highest BCUT2D eigenvalue weighted by atomic mass is 79.9. The van der Waals surface area contributed by atoms with Crippen molar-refractivity contribution in [2.24, 2.45) is 0 Å². The number of pyridine rings is 2. The van der Waals surface area contributed by atoms with Crippen molar-refractivity contribution in [1.82, 2.24) is 9.97 Å². The number of alkyl halides is 2. The first-order valence-corrected chi connectivity index (χ1v) is 6.59. The summed E-state index contributed by atoms with van der Waals surface area (Å²) in [6, 6.07) is 4.98. The van der Waals surface area contributed by atoms with Gasteiger partial charge in [-0.3, -0.25) is 4.98 Å². The van der Waals surface area contributed by atoms with Crippen molar-refractivity contribution >= 4 is 21.7 Å². The monoisotopic (exact) mass is 343 g/mol. The summed E-state index contributed by atoms with van der Waals surface area (Å²) in [5.41, 5.74) is 1.77. The zero-order valence-corrected chi connectivity index (χ0v) is 12.2. The maximum atomic E-state index is 12.0. The zero-order chi connectivity index (χ0) is 14.5. The summed E-state index contributed by atoms with van der Waals surface area (Å²) < 4.78 is 29.1. The molecule has 0 bridgehead atoms. The molecule has 0 unspecified atom stereocenters. The van der Waals surface area contributed by atoms with E-state index in [1.165, 1.54) is 12.3 Å². The van der Waals surface area contributed by atoms with Gasteiger partial charge in [0.15, 0.2) is 0 Å². The molecule has 0 spiro atoms. The quantitative estimate of drug-likeness (QED) is 0.897. The van der Waals surface area contributed by atoms with Gasteiger partial charge in [0.25, 0.3) is 0 Å². The Balaban J connectivity index is 1.95. The molecule has 2 heterocycles. The number of hydrogen-bond acceptors (Lipinski definition) is 4. The number of hydrogen-bond donors (Lipinski definition) is 1. The van der Waals surface area contributed by atoms with Crippen LogP contribution in [0.3, 0.4) is 0 Å². The van der Waals surface area contributed by atoms with Crippen molar-refractivity contribution in [3.63, 3.8) is 0 Å². The van der Waals surface area contributed by atoms with Gasteiger partial charge in [-0.1, -0.05) is 0 Å². The molecule has 2 rings (SSSR count). The Labute approximate surface area is 123 Å². The highest BCUT2D eigenvalue weighted by molar-refractivity contribution is 9.10. The zero-order valence-electron chi connectivity index (χ0n) is 10.6. The maximum absolute atomic E-state index is 12.0. The van der Waals surface area contributed by atoms with Crippen LogP contribution in [-0.2, 0) is 6.54 Å². The van der Waals surface area contributed by atoms with Crippen molar-refractivity contribution in [3.8, 4) is 5.75 Å². The van der Waals surface area contributed by atoms with Crippen LogP contribution >= 0.6 is 15.9 Å². The Morgan fingerprint density at radius 3 is 2.70 bits per heavy atom. The molecule has 0 amide bonds. The topological polar surface area (TPSA) is 47.0 Å². The number of aromatic nitrogens is 2. The number of aryl methyl sites for hydroxylation is 1. The summed E-state index contributed by atoms with van der Waals surface area (Å²) in [5, 5.41) is 3.11. The standard InChI is InChI=1S/C13H12BrF2N3O/c1-8-4-12(19-7-11(8)14)18-5-9-2-3-10(6-17-9)20-13(15)16/h2-4,6-7,13H,5H2,1H3,(H,18,19). The van der Waals surface area contributed by atoms with Gasteiger partial charge in [-0.15, -0.1) is 0 Å². The van der Waals surface area contributed by atoms with Crippen molar-refractivity contribution < 1.29 is 13.5 Å². The van der Waals surface area contributed by atoms with Gasteiger partial charge in [0.2, 0.25) is 0 Å². The van der Waals surface area contributed by atoms with E-state index in [0.717, 1.165) is 15.9 Å². The molecule has 0 aliphatic rings. The second-order valence-corrected chi connectivity index (χ2v) is 4.89. The van der Waals surface area contributed by atoms with Gasteiger partial charge < -0.3 is 10.1 Å². The molecular formula is C13H12BrF2N3O. The average Bonchev–Trinajstić information content (AvgIpc) is 2.41. The first-order chi connectivity index (χ1) is 9.54. The number of ether oxygens (including phenoxy) is 1. The molecule has 0 fully saturated rings. The molecular weight excluding hydrogens is 332 g/mol. The van der Waals surface area contributed by atoms with Crippen LogP contribution < -0.4 is 10.1 Å². The summed E-state index contributed by atoms with van der Waals surface area (Å²) in [7, 11) is 0. The summed E-state index contributed by atoms with van der Waals surface area (Å²) in [6.07, 6.45) is 2.98. The normalized spacial score (nSPS) is 10.7. The lowest BCUT2D eigenvalue weighted by atomic mass is 10.3. The molecule has 1 N–H and O–H groups in total. The maximum Gasteiger partial charge on any atom is 0.387 e. The third kappa shape index (κ3) is 4.12. The first kappa shape index (κ1) is 14.6. The van der Waals surface area contributed by atoms with Gasteiger partial charge in [-0.2, -0.15) is 8.78 Å². The highest BCUT2D eigenvalue weighted by Gasteiger charge is 2.05. The summed E-state index contributed by atoms with van der Waals surface area (Å²) in [4.78, 5) is 8.23. The Hall–Kier alpha value is -1.76. The molecule has 2 aromatic rings. The van der Waals surface area contributed by atoms with Crippen molar-refractivity contribution in [2.75, 3.05) is 5.32 Å². The van der Waals surface area contributed by atoms with E-state index >= 15 is 0 Å². The number of anilines is 1. The minimum absolute atomic E-state index is 0.0429. The fraction of sp³-hybridized carbons (Fsp3) is 0.231. The third-order valence-electron chi connectivity index (χ3n) is 2.52. The summed E-state index contributed by atoms with van der Waals surface area (Å²) in [6.45, 7) is -0.426. The second kappa shape index (κ2) is 6.60. The van der Waals surface area contributed by atoms with Crippen LogP contribution in [0.2, 0.25) is 0 Å². The van der Waals surface area contributed by atoms with E-state index in [2.05, 4.69) is 36.0 Å². The fourth-order valence-electron chi connectivity index (χ4n) is 1.51. The minimum atomic E-state index is -2.84. The van der Waals surface area contributed by atoms with E-state index in [-0.39, 0.29) is 5.75 Å². The Bertz CT molecular complexity index is 578. The van der Waals surface area contributed by atoms with Crippen LogP contribution in [0.25, 0.3) is 0 Å². The number of nitrogens with one attached hydrogen (secondary N) is 1. The Morgan fingerprint density at radius 2 is 2.10 bits per heavy atom. The van der Waals surface area contributed by atoms with Crippen LogP contribution in [0.15, 0.2) is 35.1 Å². The lowest BCUT2D eigenvalue weighted by molar-refractivity contribution is -0.0500. The molecule has 0 saturated carbocycles. The molecule has 20 heavy (non-hydrogen) atoms. The Kier molecular flexibility index (Phi) is 4.84. The molecule has 0 saturated heterocycles. The van der Waals surface area contributed by atoms with Gasteiger partial charge in [-0.05, 0) is 46.6 Å². The van der Waals surface area contributed by atoms with E-state index < -0.39 is 6.61 Å². The van der Waals surface area contributed by atoms with Crippen LogP contribution in [0, 0.1) is 6.92 Å². The van der Waals surface area contributed by atoms with Gasteiger partial charge in [-0.25, -0.2) is 4.98 Å². The van der Waals surface area contributed by atoms with Crippen LogP contribution in [0.5, 0.6) is 5.75 Å². The Morgan fingerprint density at radius 1 is 1.30 bits per heavy atom. The molecule has 0 atom stereocenters. The summed E-state index contributed by atoms with van der Waals surface area (Å²) in [5.74, 6) is 0.766. The van der Waals surface area contributed by atoms with E-state index in [4.69, 9.17) is 0 Å². The minimum Gasteiger partial charge on any atom is -0.433 e. The van der Waals surface area contributed by atoms with E-state index in [9.17, 15) is 8.78 Å². The van der Waals surface area contributed by atoms with Gasteiger partial charge in [0, 0.05) is 10.7 Å². The first-order valence-electron chi connectivity index (χ1n) is 5.80. The smallest absolute Gasteiger partial charge is 0.387 e. The van der Waals surface area contributed by atoms with Crippen LogP contribution in [0.1, 0.15) is 11.3 Å². The largest absolute Gasteiger partial charge is 0.433 e. The van der Waals surface area contributed by atoms with Crippen LogP contribution in [0.4, 0.5) is 14.6 Å². The highest BCUT2D eigenvalue weighted by Crippen LogP contribution is 2.18. The van der Waals surface area contributed by atoms with E-state index in [1.807, 2.05) is 13.0 Å². The van der Waals surface area contributed by atoms with Gasteiger partial charge in [0.05, 0.1) is 18.4 Å². The number of rotatable bonds is 5. The van der Waals surface area contributed by atoms with Crippen LogP contribution in [-0.4, -0.2) is 16.6 Å². The molecule has 106 valence electrons. The van der Waals surface area contributed by atoms with Crippen molar-refractivity contribution in [3.05, 3.63) is 46.3 Å². The molecule has 0 aromatic carbocycles. The van der Waals surface area contributed by atoms with Gasteiger partial charge >= 0.3 is 6.61 Å². The predicted octanol–water partition coefficient (Wildman–Crippen LogP) is 3.76. The predicted molar refractivity (Wildman–Crippen MR) is 74.9 cm³/mol. The van der Waals surface area contributed by atoms with E-state index in [1.54, 1.807) is 12.3 Å². The fourth-order valence-corrected chi connectivity index (χ4v) is 1.72. The van der Waals surface area contributed by atoms with Crippen molar-refractivity contribution in [1.29, 1.82) is 0 Å². The lowest BCUT2D eigenvalue weighted by Crippen LogP contribution is -2.05. The number of halogens is 3. The second-order valence-electron chi connectivity index (χ2n) is 4.04. The summed E-state index contributed by atoms with van der Waals surface area (Å²) >= 11 is 3.38. The number of nitrogens with zero attached hydrogens (tertiary/aromatic N) is 2. The molecule has 2 aromatic heterocycles. The molecule has 4 nitrogen and oxygen atoms in total. The molecule has 0 aliphatic carbocycles. The lowest BCUT2D eigenvalue weighted by Gasteiger charge is -2.08. The van der Waals surface area contributed by atoms with Crippen molar-refractivity contribution in [2.45, 2.75) is 20.1 Å². The SMILES string of the molecule is Cc1cc(NCc2ccc(OC(F)F)cn2)ncc1Br. The average molecular weight is 344 g/mol. The van der Waals surface area contributed by atoms with Gasteiger partial charge in [0.1, 0.15) is 11.6 Å². The van der Waals surface area contributed by atoms with E-state index in [0.29, 0.717) is 12.2 Å². The third-order valence-corrected chi connectivity index (χ3v) is 3.35. The molecule has 0 radical (unpaired) electrons. The molecule has 0 aliphatic heterocycles. The molecule has 7 heteroatoms.